The molecule has 0 radical (unpaired) electrons. The third kappa shape index (κ3) is 8.45. The Bertz CT molecular complexity index is 394. The van der Waals surface area contributed by atoms with E-state index in [1.807, 2.05) is 13.8 Å². The van der Waals surface area contributed by atoms with Crippen molar-refractivity contribution < 1.29 is 24.3 Å². The van der Waals surface area contributed by atoms with Gasteiger partial charge in [-0.25, -0.2) is 4.79 Å². The SMILES string of the molecule is CC(C)CNC(=O)CN(C)C(=O)N(CC(N)=O)CC(=O)O. The van der Waals surface area contributed by atoms with Crippen molar-refractivity contribution in [3.05, 3.63) is 0 Å². The minimum Gasteiger partial charge on any atom is -0.480 e. The van der Waals surface area contributed by atoms with E-state index in [0.717, 1.165) is 9.80 Å². The Balaban J connectivity index is 4.57. The number of hydrogen-bond acceptors (Lipinski definition) is 4. The Morgan fingerprint density at radius 1 is 1.14 bits per heavy atom. The maximum absolute atomic E-state index is 12.0. The number of carbonyl (C=O) groups is 4. The van der Waals surface area contributed by atoms with Crippen LogP contribution < -0.4 is 11.1 Å². The summed E-state index contributed by atoms with van der Waals surface area (Å²) >= 11 is 0. The molecule has 4 amide bonds. The predicted octanol–water partition coefficient (Wildman–Crippen LogP) is -1.32. The molecule has 0 spiro atoms. The molecular weight excluding hydrogens is 280 g/mol. The van der Waals surface area contributed by atoms with Crippen molar-refractivity contribution in [3.8, 4) is 0 Å². The lowest BCUT2D eigenvalue weighted by Gasteiger charge is -2.25. The minimum atomic E-state index is -1.28. The summed E-state index contributed by atoms with van der Waals surface area (Å²) in [6.45, 7) is 2.90. The van der Waals surface area contributed by atoms with Gasteiger partial charge in [-0.3, -0.25) is 14.4 Å². The van der Waals surface area contributed by atoms with Crippen LogP contribution in [0.4, 0.5) is 4.79 Å². The van der Waals surface area contributed by atoms with Gasteiger partial charge in [-0.15, -0.1) is 0 Å². The van der Waals surface area contributed by atoms with Crippen LogP contribution in [-0.2, 0) is 14.4 Å². The van der Waals surface area contributed by atoms with Gasteiger partial charge < -0.3 is 26.0 Å². The number of primary amides is 1. The molecule has 120 valence electrons. The molecule has 0 aromatic carbocycles. The van der Waals surface area contributed by atoms with Gasteiger partial charge in [-0.2, -0.15) is 0 Å². The highest BCUT2D eigenvalue weighted by molar-refractivity contribution is 5.88. The second kappa shape index (κ2) is 8.77. The highest BCUT2D eigenvalue weighted by atomic mass is 16.4. The second-order valence-corrected chi connectivity index (χ2v) is 5.05. The van der Waals surface area contributed by atoms with E-state index in [4.69, 9.17) is 10.8 Å². The van der Waals surface area contributed by atoms with Gasteiger partial charge in [0.1, 0.15) is 19.6 Å². The number of carbonyl (C=O) groups excluding carboxylic acids is 3. The summed E-state index contributed by atoms with van der Waals surface area (Å²) < 4.78 is 0. The lowest BCUT2D eigenvalue weighted by molar-refractivity contribution is -0.138. The number of amides is 4. The first-order valence-corrected chi connectivity index (χ1v) is 6.40. The summed E-state index contributed by atoms with van der Waals surface area (Å²) in [6, 6.07) is -0.754. The van der Waals surface area contributed by atoms with Gasteiger partial charge in [-0.05, 0) is 5.92 Å². The van der Waals surface area contributed by atoms with Crippen LogP contribution in [0.2, 0.25) is 0 Å². The quantitative estimate of drug-likeness (QED) is 0.511. The fourth-order valence-electron chi connectivity index (χ4n) is 1.44. The Morgan fingerprint density at radius 3 is 2.14 bits per heavy atom. The largest absolute Gasteiger partial charge is 0.480 e. The van der Waals surface area contributed by atoms with E-state index in [2.05, 4.69) is 5.32 Å². The number of rotatable bonds is 8. The normalized spacial score (nSPS) is 10.1. The lowest BCUT2D eigenvalue weighted by atomic mass is 10.2. The van der Waals surface area contributed by atoms with Crippen LogP contribution in [-0.4, -0.2) is 71.9 Å². The minimum absolute atomic E-state index is 0.236. The van der Waals surface area contributed by atoms with Crippen LogP contribution >= 0.6 is 0 Å². The van der Waals surface area contributed by atoms with Crippen molar-refractivity contribution in [1.29, 1.82) is 0 Å². The molecular formula is C12H22N4O5. The fraction of sp³-hybridized carbons (Fsp3) is 0.667. The number of urea groups is 1. The maximum atomic E-state index is 12.0. The zero-order valence-electron chi connectivity index (χ0n) is 12.5. The molecule has 0 fully saturated rings. The van der Waals surface area contributed by atoms with Crippen LogP contribution in [0.15, 0.2) is 0 Å². The standard InChI is InChI=1S/C12H22N4O5/c1-8(2)4-14-10(18)6-15(3)12(21)16(5-9(13)17)7-11(19)20/h8H,4-7H2,1-3H3,(H2,13,17)(H,14,18)(H,19,20). The summed E-state index contributed by atoms with van der Waals surface area (Å²) in [5, 5.41) is 11.3. The summed E-state index contributed by atoms with van der Waals surface area (Å²) in [7, 11) is 1.34. The molecule has 4 N–H and O–H groups in total. The maximum Gasteiger partial charge on any atom is 0.323 e. The molecule has 0 aliphatic heterocycles. The summed E-state index contributed by atoms with van der Waals surface area (Å²) in [4.78, 5) is 46.9. The highest BCUT2D eigenvalue weighted by Gasteiger charge is 2.23. The average molecular weight is 302 g/mol. The molecule has 0 atom stereocenters. The number of carboxylic acids is 1. The predicted molar refractivity (Wildman–Crippen MR) is 74.3 cm³/mol. The number of likely N-dealkylation sites (N-methyl/N-ethyl adjacent to an activating group) is 1. The van der Waals surface area contributed by atoms with E-state index in [0.29, 0.717) is 6.54 Å². The number of hydrogen-bond donors (Lipinski definition) is 3. The van der Waals surface area contributed by atoms with E-state index < -0.39 is 31.0 Å². The van der Waals surface area contributed by atoms with Crippen molar-refractivity contribution in [1.82, 2.24) is 15.1 Å². The number of nitrogens with zero attached hydrogens (tertiary/aromatic N) is 2. The van der Waals surface area contributed by atoms with E-state index >= 15 is 0 Å². The van der Waals surface area contributed by atoms with Crippen molar-refractivity contribution in [2.45, 2.75) is 13.8 Å². The molecule has 0 heterocycles. The molecule has 9 heteroatoms. The van der Waals surface area contributed by atoms with Gasteiger partial charge in [0.15, 0.2) is 0 Å². The van der Waals surface area contributed by atoms with Gasteiger partial charge in [0.05, 0.1) is 0 Å². The van der Waals surface area contributed by atoms with Crippen molar-refractivity contribution in [2.24, 2.45) is 11.7 Å². The molecule has 0 saturated carbocycles. The van der Waals surface area contributed by atoms with Crippen LogP contribution in [0.1, 0.15) is 13.8 Å². The molecule has 0 saturated heterocycles. The van der Waals surface area contributed by atoms with E-state index in [-0.39, 0.29) is 18.4 Å². The first-order chi connectivity index (χ1) is 9.63. The molecule has 0 aromatic rings. The van der Waals surface area contributed by atoms with E-state index in [1.54, 1.807) is 0 Å². The molecule has 0 aromatic heterocycles. The highest BCUT2D eigenvalue weighted by Crippen LogP contribution is 1.97. The van der Waals surface area contributed by atoms with Crippen molar-refractivity contribution in [2.75, 3.05) is 33.2 Å². The average Bonchev–Trinajstić information content (AvgIpc) is 2.33. The van der Waals surface area contributed by atoms with Gasteiger partial charge in [-0.1, -0.05) is 13.8 Å². The Kier molecular flexibility index (Phi) is 7.80. The van der Waals surface area contributed by atoms with Crippen LogP contribution in [0.3, 0.4) is 0 Å². The summed E-state index contributed by atoms with van der Waals surface area (Å²) in [5.41, 5.74) is 4.97. The van der Waals surface area contributed by atoms with E-state index in [1.165, 1.54) is 7.05 Å². The Labute approximate surface area is 123 Å². The van der Waals surface area contributed by atoms with Crippen LogP contribution in [0.25, 0.3) is 0 Å². The smallest absolute Gasteiger partial charge is 0.323 e. The summed E-state index contributed by atoms with van der Waals surface area (Å²) in [6.07, 6.45) is 0. The molecule has 0 aliphatic carbocycles. The molecule has 21 heavy (non-hydrogen) atoms. The number of carboxylic acid groups (broad SMARTS) is 1. The fourth-order valence-corrected chi connectivity index (χ4v) is 1.44. The summed E-state index contributed by atoms with van der Waals surface area (Å²) in [5.74, 6) is -2.20. The zero-order valence-corrected chi connectivity index (χ0v) is 12.5. The number of aliphatic carboxylic acids is 1. The monoisotopic (exact) mass is 302 g/mol. The third-order valence-corrected chi connectivity index (χ3v) is 2.36. The van der Waals surface area contributed by atoms with Crippen molar-refractivity contribution >= 4 is 23.8 Å². The van der Waals surface area contributed by atoms with E-state index in [9.17, 15) is 19.2 Å². The Hall–Kier alpha value is -2.32. The van der Waals surface area contributed by atoms with Gasteiger partial charge in [0, 0.05) is 13.6 Å². The number of nitrogens with two attached hydrogens (primary N) is 1. The first kappa shape index (κ1) is 18.7. The third-order valence-electron chi connectivity index (χ3n) is 2.36. The lowest BCUT2D eigenvalue weighted by Crippen LogP contribution is -2.49. The van der Waals surface area contributed by atoms with Crippen LogP contribution in [0, 0.1) is 5.92 Å². The zero-order chi connectivity index (χ0) is 16.6. The molecule has 0 unspecified atom stereocenters. The van der Waals surface area contributed by atoms with Crippen molar-refractivity contribution in [3.63, 3.8) is 0 Å². The van der Waals surface area contributed by atoms with Gasteiger partial charge in [0.25, 0.3) is 0 Å². The van der Waals surface area contributed by atoms with Crippen LogP contribution in [0.5, 0.6) is 0 Å². The van der Waals surface area contributed by atoms with Gasteiger partial charge >= 0.3 is 12.0 Å². The molecule has 0 rings (SSSR count). The van der Waals surface area contributed by atoms with Gasteiger partial charge in [0.2, 0.25) is 11.8 Å². The molecule has 9 nitrogen and oxygen atoms in total. The topological polar surface area (TPSA) is 133 Å². The molecule has 0 aliphatic rings. The first-order valence-electron chi connectivity index (χ1n) is 6.40. The Morgan fingerprint density at radius 2 is 1.71 bits per heavy atom. The number of nitrogens with one attached hydrogen (secondary N) is 1. The second-order valence-electron chi connectivity index (χ2n) is 5.05. The molecule has 0 bridgehead atoms.